The summed E-state index contributed by atoms with van der Waals surface area (Å²) in [5.74, 6) is 1.95. The molecule has 0 aliphatic rings. The Morgan fingerprint density at radius 3 is 1.52 bits per heavy atom. The third kappa shape index (κ3) is 12.2. The van der Waals surface area contributed by atoms with Gasteiger partial charge < -0.3 is 24.7 Å². The van der Waals surface area contributed by atoms with Gasteiger partial charge in [-0.25, -0.2) is 4.98 Å². The van der Waals surface area contributed by atoms with Gasteiger partial charge in [-0.1, -0.05) is 20.0 Å². The number of rotatable bonds is 2. The molecule has 0 saturated heterocycles. The van der Waals surface area contributed by atoms with Crippen molar-refractivity contribution in [3.63, 3.8) is 0 Å². The predicted molar refractivity (Wildman–Crippen MR) is 164 cm³/mol. The number of ether oxygens (including phenoxy) is 2. The summed E-state index contributed by atoms with van der Waals surface area (Å²) in [5, 5.41) is 18.1. The van der Waals surface area contributed by atoms with Gasteiger partial charge in [0.2, 0.25) is 5.88 Å². The normalized spacial score (nSPS) is 9.55. The molecule has 2 N–H and O–H groups in total. The maximum atomic E-state index is 9.16. The molecule has 0 aliphatic heterocycles. The third-order valence-electron chi connectivity index (χ3n) is 6.39. The molecule has 228 valence electrons. The first-order chi connectivity index (χ1) is 19.1. The minimum Gasteiger partial charge on any atom is -0.550 e. The zero-order valence-electron chi connectivity index (χ0n) is 27.2. The van der Waals surface area contributed by atoms with E-state index in [1.165, 1.54) is 11.1 Å². The van der Waals surface area contributed by atoms with Gasteiger partial charge in [-0.15, -0.1) is 11.1 Å². The van der Waals surface area contributed by atoms with Crippen LogP contribution in [0.2, 0.25) is 0 Å². The van der Waals surface area contributed by atoms with Gasteiger partial charge in [-0.2, -0.15) is 6.07 Å². The molecule has 4 rings (SSSR count). The molecule has 0 bridgehead atoms. The van der Waals surface area contributed by atoms with E-state index in [9.17, 15) is 0 Å². The Kier molecular flexibility index (Phi) is 16.6. The topological polar surface area (TPSA) is 110 Å². The van der Waals surface area contributed by atoms with Crippen molar-refractivity contribution >= 4 is 0 Å². The average molecular weight is 746 g/mol. The average Bonchev–Trinajstić information content (AvgIpc) is 2.90. The number of aromatic nitrogens is 4. The molecule has 42 heavy (non-hydrogen) atoms. The molecule has 4 heterocycles. The van der Waals surface area contributed by atoms with Crippen LogP contribution >= 0.6 is 0 Å². The van der Waals surface area contributed by atoms with Crippen molar-refractivity contribution in [2.24, 2.45) is 0 Å². The van der Waals surface area contributed by atoms with Gasteiger partial charge in [0.05, 0.1) is 31.5 Å². The van der Waals surface area contributed by atoms with E-state index < -0.39 is 0 Å². The summed E-state index contributed by atoms with van der Waals surface area (Å²) in [6.07, 6.45) is 2.64. The van der Waals surface area contributed by atoms with Gasteiger partial charge in [0.15, 0.2) is 0 Å². The van der Waals surface area contributed by atoms with Crippen molar-refractivity contribution in [3.8, 4) is 23.3 Å². The fraction of sp³-hybridized carbons (Fsp3) is 0.394. The number of hydrogen-bond acceptors (Lipinski definition) is 8. The second-order valence-electron chi connectivity index (χ2n) is 9.95. The predicted octanol–water partition coefficient (Wildman–Crippen LogP) is 6.95. The van der Waals surface area contributed by atoms with Gasteiger partial charge in [-0.3, -0.25) is 9.97 Å². The maximum Gasteiger partial charge on any atom is 0.216 e. The number of hydrogen-bond donors (Lipinski definition) is 2. The smallest absolute Gasteiger partial charge is 0.216 e. The van der Waals surface area contributed by atoms with Gasteiger partial charge in [-0.05, 0) is 97.2 Å². The number of aryl methyl sites for hydroxylation is 11. The Hall–Kier alpha value is -3.51. The molecule has 0 spiro atoms. The summed E-state index contributed by atoms with van der Waals surface area (Å²) >= 11 is 0. The van der Waals surface area contributed by atoms with Crippen LogP contribution in [-0.4, -0.2) is 44.4 Å². The molecule has 9 heteroatoms. The molecule has 0 saturated carbocycles. The Balaban J connectivity index is 0.000000531. The molecule has 0 aromatic carbocycles. The van der Waals surface area contributed by atoms with E-state index in [4.69, 9.17) is 19.7 Å². The minimum atomic E-state index is 0. The van der Waals surface area contributed by atoms with E-state index in [0.717, 1.165) is 56.7 Å². The van der Waals surface area contributed by atoms with Crippen molar-refractivity contribution in [2.75, 3.05) is 14.2 Å². The van der Waals surface area contributed by atoms with Crippen LogP contribution in [0.5, 0.6) is 23.3 Å². The van der Waals surface area contributed by atoms with Crippen LogP contribution in [0.1, 0.15) is 61.9 Å². The molecule has 0 atom stereocenters. The van der Waals surface area contributed by atoms with E-state index in [2.05, 4.69) is 39.1 Å². The van der Waals surface area contributed by atoms with Crippen molar-refractivity contribution in [2.45, 2.75) is 76.2 Å². The van der Waals surface area contributed by atoms with Crippen molar-refractivity contribution in [1.82, 2.24) is 19.9 Å². The van der Waals surface area contributed by atoms with Gasteiger partial charge in [0.1, 0.15) is 11.5 Å². The van der Waals surface area contributed by atoms with Gasteiger partial charge in [0, 0.05) is 43.7 Å². The zero-order chi connectivity index (χ0) is 31.4. The maximum absolute atomic E-state index is 9.16. The van der Waals surface area contributed by atoms with Crippen molar-refractivity contribution < 1.29 is 40.8 Å². The summed E-state index contributed by atoms with van der Waals surface area (Å²) in [6.45, 7) is 21.4. The van der Waals surface area contributed by atoms with Crippen LogP contribution in [-0.2, 0) is 21.1 Å². The largest absolute Gasteiger partial charge is 0.550 e. The molecule has 0 amide bonds. The number of pyridine rings is 4. The summed E-state index contributed by atoms with van der Waals surface area (Å²) in [5.41, 5.74) is 11.0. The molecule has 0 fully saturated rings. The van der Waals surface area contributed by atoms with Crippen LogP contribution in [0.4, 0.5) is 0 Å². The molecule has 0 aliphatic carbocycles. The van der Waals surface area contributed by atoms with E-state index >= 15 is 0 Å². The summed E-state index contributed by atoms with van der Waals surface area (Å²) in [7, 11) is 3.31. The molecule has 8 nitrogen and oxygen atoms in total. The molecule has 0 radical (unpaired) electrons. The fourth-order valence-electron chi connectivity index (χ4n) is 3.50. The second kappa shape index (κ2) is 18.1. The summed E-state index contributed by atoms with van der Waals surface area (Å²) < 4.78 is 10.2. The summed E-state index contributed by atoms with van der Waals surface area (Å²) in [6, 6.07) is 7.67. The quantitative estimate of drug-likeness (QED) is 0.213. The molecule has 4 aromatic heterocycles. The number of methoxy groups -OCH3 is 2. The van der Waals surface area contributed by atoms with Gasteiger partial charge >= 0.3 is 0 Å². The van der Waals surface area contributed by atoms with Crippen LogP contribution < -0.4 is 9.47 Å². The van der Waals surface area contributed by atoms with Crippen molar-refractivity contribution in [1.29, 1.82) is 0 Å². The van der Waals surface area contributed by atoms with Crippen LogP contribution in [0.15, 0.2) is 24.3 Å². The van der Waals surface area contributed by atoms with E-state index in [-0.39, 0.29) is 32.7 Å². The van der Waals surface area contributed by atoms with Crippen LogP contribution in [0, 0.1) is 82.4 Å². The third-order valence-corrected chi connectivity index (χ3v) is 6.39. The monoisotopic (exact) mass is 745 g/mol. The first kappa shape index (κ1) is 38.5. The number of aromatic hydroxyl groups is 2. The summed E-state index contributed by atoms with van der Waals surface area (Å²) in [4.78, 5) is 16.3. The van der Waals surface area contributed by atoms with E-state index in [0.29, 0.717) is 5.69 Å². The van der Waals surface area contributed by atoms with Crippen molar-refractivity contribution in [3.05, 3.63) is 92.3 Å². The Bertz CT molecular complexity index is 1350. The SMILES string of the molecule is COc1cc(C)c(C)nc1C.COc1nc(C)c(C)cc1C.Cc1[c-]nc(O)c(C)c1.Cc1cc(O)c(C)nc1C.[W]. The first-order valence-electron chi connectivity index (χ1n) is 13.3. The molecule has 0 unspecified atom stereocenters. The van der Waals surface area contributed by atoms with E-state index in [1.54, 1.807) is 27.2 Å². The second-order valence-corrected chi connectivity index (χ2v) is 9.95. The minimum absolute atomic E-state index is 0. The van der Waals surface area contributed by atoms with E-state index in [1.807, 2.05) is 74.4 Å². The van der Waals surface area contributed by atoms with Crippen LogP contribution in [0.25, 0.3) is 0 Å². The number of nitrogens with zero attached hydrogens (tertiary/aromatic N) is 4. The molecular weight excluding hydrogens is 700 g/mol. The molecule has 4 aromatic rings. The first-order valence-corrected chi connectivity index (χ1v) is 13.3. The Labute approximate surface area is 265 Å². The van der Waals surface area contributed by atoms with Crippen LogP contribution in [0.3, 0.4) is 0 Å². The Morgan fingerprint density at radius 2 is 1.05 bits per heavy atom. The molecular formula is C33H45N4O4W-. The fourth-order valence-corrected chi connectivity index (χ4v) is 3.50. The van der Waals surface area contributed by atoms with Gasteiger partial charge in [0.25, 0.3) is 0 Å². The Morgan fingerprint density at radius 1 is 0.548 bits per heavy atom. The zero-order valence-corrected chi connectivity index (χ0v) is 30.2. The standard InChI is InChI=1S/2C9H13NO.C8H11NO.C7H8NO.W/c1-6-5-9(11-4)8(3)10-7(6)2;1-6-5-7(2)9(11-4)10-8(6)3;1-5-4-8(10)7(3)9-6(5)2;1-5-3-6(2)7(9)8-4-5;/h2*5H,1-4H3;4,10H,1-3H3;3H,1-2H3,(H,8,9);/q;;;-1;.